The van der Waals surface area contributed by atoms with Crippen LogP contribution in [0.3, 0.4) is 0 Å². The number of sulfone groups is 1. The third-order valence-corrected chi connectivity index (χ3v) is 7.08. The molecule has 0 heterocycles. The molecule has 8 heteroatoms. The van der Waals surface area contributed by atoms with E-state index in [2.05, 4.69) is 5.32 Å². The summed E-state index contributed by atoms with van der Waals surface area (Å²) in [6.07, 6.45) is -0.00874. The van der Waals surface area contributed by atoms with Gasteiger partial charge in [-0.1, -0.05) is 35.9 Å². The molecule has 3 aromatic rings. The van der Waals surface area contributed by atoms with Crippen LogP contribution in [0.5, 0.6) is 5.75 Å². The first kappa shape index (κ1) is 24.9. The lowest BCUT2D eigenvalue weighted by atomic mass is 10.1. The van der Waals surface area contributed by atoms with Gasteiger partial charge in [-0.25, -0.2) is 8.42 Å². The molecule has 0 bridgehead atoms. The van der Waals surface area contributed by atoms with Gasteiger partial charge in [0.15, 0.2) is 0 Å². The maximum absolute atomic E-state index is 12.9. The molecule has 0 fully saturated rings. The van der Waals surface area contributed by atoms with Gasteiger partial charge in [-0.05, 0) is 73.0 Å². The minimum Gasteiger partial charge on any atom is -0.427 e. The van der Waals surface area contributed by atoms with Crippen LogP contribution in [0, 0.1) is 0 Å². The van der Waals surface area contributed by atoms with E-state index in [9.17, 15) is 18.3 Å². The number of halogens is 1. The standard InChI is InChI=1S/C25H26ClNO5S/c1-17(27-16-25(29)20-4-3-5-21(26)15-20)14-19-6-10-23(11-7-19)33(30,31)24-12-8-22(9-13-24)32-18(2)28/h3-13,15,17,25,27,29H,14,16H2,1-2H3/t17-,25-/m1/s1. The summed E-state index contributed by atoms with van der Waals surface area (Å²) in [5.41, 5.74) is 1.72. The molecule has 0 aliphatic rings. The van der Waals surface area contributed by atoms with Gasteiger partial charge in [0.2, 0.25) is 9.84 Å². The van der Waals surface area contributed by atoms with E-state index in [4.69, 9.17) is 16.3 Å². The lowest BCUT2D eigenvalue weighted by molar-refractivity contribution is -0.131. The summed E-state index contributed by atoms with van der Waals surface area (Å²) < 4.78 is 30.7. The lowest BCUT2D eigenvalue weighted by Crippen LogP contribution is -2.32. The van der Waals surface area contributed by atoms with Gasteiger partial charge in [-0.15, -0.1) is 0 Å². The van der Waals surface area contributed by atoms with Crippen LogP contribution in [0.15, 0.2) is 82.6 Å². The second-order valence-electron chi connectivity index (χ2n) is 7.80. The van der Waals surface area contributed by atoms with E-state index >= 15 is 0 Å². The summed E-state index contributed by atoms with van der Waals surface area (Å²) in [7, 11) is -3.69. The first-order valence-corrected chi connectivity index (χ1v) is 12.3. The molecule has 0 radical (unpaired) electrons. The number of aliphatic hydroxyl groups excluding tert-OH is 1. The Bertz CT molecular complexity index is 1190. The number of carbonyl (C=O) groups is 1. The van der Waals surface area contributed by atoms with Crippen LogP contribution < -0.4 is 10.1 Å². The smallest absolute Gasteiger partial charge is 0.308 e. The minimum absolute atomic E-state index is 0.0649. The molecule has 0 aliphatic heterocycles. The molecule has 6 nitrogen and oxygen atoms in total. The maximum atomic E-state index is 12.9. The SMILES string of the molecule is CC(=O)Oc1ccc(S(=O)(=O)c2ccc(C[C@@H](C)NC[C@@H](O)c3cccc(Cl)c3)cc2)cc1. The predicted molar refractivity (Wildman–Crippen MR) is 127 cm³/mol. The van der Waals surface area contributed by atoms with Crippen molar-refractivity contribution in [1.29, 1.82) is 0 Å². The van der Waals surface area contributed by atoms with Crippen LogP contribution >= 0.6 is 11.6 Å². The van der Waals surface area contributed by atoms with Gasteiger partial charge < -0.3 is 15.2 Å². The molecule has 33 heavy (non-hydrogen) atoms. The highest BCUT2D eigenvalue weighted by molar-refractivity contribution is 7.91. The highest BCUT2D eigenvalue weighted by Crippen LogP contribution is 2.24. The van der Waals surface area contributed by atoms with Gasteiger partial charge in [0.1, 0.15) is 5.75 Å². The highest BCUT2D eigenvalue weighted by atomic mass is 35.5. The zero-order chi connectivity index (χ0) is 24.0. The average Bonchev–Trinajstić information content (AvgIpc) is 2.78. The van der Waals surface area contributed by atoms with Crippen LogP contribution in [-0.4, -0.2) is 32.1 Å². The van der Waals surface area contributed by atoms with Crippen LogP contribution in [0.1, 0.15) is 31.1 Å². The first-order chi connectivity index (χ1) is 15.6. The number of esters is 1. The Kier molecular flexibility index (Phi) is 8.26. The summed E-state index contributed by atoms with van der Waals surface area (Å²) >= 11 is 5.98. The molecule has 3 rings (SSSR count). The molecule has 0 unspecified atom stereocenters. The van der Waals surface area contributed by atoms with Gasteiger partial charge >= 0.3 is 5.97 Å². The van der Waals surface area contributed by atoms with Crippen molar-refractivity contribution in [2.75, 3.05) is 6.54 Å². The van der Waals surface area contributed by atoms with E-state index in [0.717, 1.165) is 11.1 Å². The van der Waals surface area contributed by atoms with Gasteiger partial charge in [0, 0.05) is 24.5 Å². The Balaban J connectivity index is 1.59. The van der Waals surface area contributed by atoms with Gasteiger partial charge in [-0.2, -0.15) is 0 Å². The van der Waals surface area contributed by atoms with E-state index in [1.54, 1.807) is 42.5 Å². The largest absolute Gasteiger partial charge is 0.427 e. The van der Waals surface area contributed by atoms with E-state index in [1.807, 2.05) is 13.0 Å². The average molecular weight is 488 g/mol. The first-order valence-electron chi connectivity index (χ1n) is 10.4. The number of benzene rings is 3. The second kappa shape index (κ2) is 10.9. The number of aliphatic hydroxyl groups is 1. The normalized spacial score (nSPS) is 13.3. The number of carbonyl (C=O) groups excluding carboxylic acids is 1. The third kappa shape index (κ3) is 6.88. The van der Waals surface area contributed by atoms with Crippen LogP contribution in [0.2, 0.25) is 5.02 Å². The van der Waals surface area contributed by atoms with Crippen molar-refractivity contribution >= 4 is 27.4 Å². The Morgan fingerprint density at radius 3 is 2.21 bits per heavy atom. The molecule has 0 aromatic heterocycles. The molecular formula is C25H26ClNO5S. The van der Waals surface area contributed by atoms with Crippen molar-refractivity contribution in [3.63, 3.8) is 0 Å². The van der Waals surface area contributed by atoms with Crippen LogP contribution in [0.4, 0.5) is 0 Å². The van der Waals surface area contributed by atoms with Gasteiger partial charge in [0.25, 0.3) is 0 Å². The highest BCUT2D eigenvalue weighted by Gasteiger charge is 2.18. The third-order valence-electron chi connectivity index (χ3n) is 5.06. The molecule has 0 aliphatic carbocycles. The molecule has 0 spiro atoms. The van der Waals surface area contributed by atoms with Crippen LogP contribution in [-0.2, 0) is 21.1 Å². The number of hydrogen-bond acceptors (Lipinski definition) is 6. The molecule has 2 N–H and O–H groups in total. The Labute approximate surface area is 199 Å². The van der Waals surface area contributed by atoms with Crippen molar-refractivity contribution in [2.24, 2.45) is 0 Å². The summed E-state index contributed by atoms with van der Waals surface area (Å²) in [5.74, 6) is -0.178. The Hall–Kier alpha value is -2.71. The van der Waals surface area contributed by atoms with Crippen molar-refractivity contribution in [3.8, 4) is 5.75 Å². The van der Waals surface area contributed by atoms with E-state index in [0.29, 0.717) is 23.7 Å². The van der Waals surface area contributed by atoms with Gasteiger partial charge in [-0.3, -0.25) is 4.79 Å². The van der Waals surface area contributed by atoms with Crippen molar-refractivity contribution in [2.45, 2.75) is 42.2 Å². The van der Waals surface area contributed by atoms with Crippen molar-refractivity contribution < 1.29 is 23.1 Å². The fourth-order valence-electron chi connectivity index (χ4n) is 3.36. The molecule has 0 saturated carbocycles. The fraction of sp³-hybridized carbons (Fsp3) is 0.240. The lowest BCUT2D eigenvalue weighted by Gasteiger charge is -2.18. The summed E-state index contributed by atoms with van der Waals surface area (Å²) in [5, 5.41) is 14.2. The number of ether oxygens (including phenoxy) is 1. The molecule has 174 valence electrons. The summed E-state index contributed by atoms with van der Waals surface area (Å²) in [4.78, 5) is 11.3. The topological polar surface area (TPSA) is 92.7 Å². The van der Waals surface area contributed by atoms with E-state index in [-0.39, 0.29) is 15.8 Å². The molecule has 2 atom stereocenters. The number of rotatable bonds is 9. The Morgan fingerprint density at radius 1 is 1.03 bits per heavy atom. The monoisotopic (exact) mass is 487 g/mol. The summed E-state index contributed by atoms with van der Waals surface area (Å²) in [6, 6.07) is 19.7. The Morgan fingerprint density at radius 2 is 1.64 bits per heavy atom. The minimum atomic E-state index is -3.69. The number of hydrogen-bond donors (Lipinski definition) is 2. The zero-order valence-corrected chi connectivity index (χ0v) is 19.9. The maximum Gasteiger partial charge on any atom is 0.308 e. The van der Waals surface area contributed by atoms with E-state index < -0.39 is 21.9 Å². The van der Waals surface area contributed by atoms with Crippen molar-refractivity contribution in [1.82, 2.24) is 5.32 Å². The molecular weight excluding hydrogens is 462 g/mol. The van der Waals surface area contributed by atoms with Crippen LogP contribution in [0.25, 0.3) is 0 Å². The van der Waals surface area contributed by atoms with Gasteiger partial charge in [0.05, 0.1) is 15.9 Å². The predicted octanol–water partition coefficient (Wildman–Crippen LogP) is 4.35. The summed E-state index contributed by atoms with van der Waals surface area (Å²) in [6.45, 7) is 3.65. The van der Waals surface area contributed by atoms with E-state index in [1.165, 1.54) is 31.2 Å². The van der Waals surface area contributed by atoms with Crippen molar-refractivity contribution in [3.05, 3.63) is 88.9 Å². The number of nitrogens with one attached hydrogen (secondary N) is 1. The molecule has 3 aromatic carbocycles. The second-order valence-corrected chi connectivity index (χ2v) is 10.2. The fourth-order valence-corrected chi connectivity index (χ4v) is 4.82. The zero-order valence-electron chi connectivity index (χ0n) is 18.4. The molecule has 0 amide bonds. The quantitative estimate of drug-likeness (QED) is 0.344. The molecule has 0 saturated heterocycles.